The van der Waals surface area contributed by atoms with Crippen molar-refractivity contribution in [2.24, 2.45) is 0 Å². The zero-order valence-electron chi connectivity index (χ0n) is 10.1. The van der Waals surface area contributed by atoms with Crippen molar-refractivity contribution in [3.63, 3.8) is 0 Å². The first-order chi connectivity index (χ1) is 8.17. The smallest absolute Gasteiger partial charge is 0.287 e. The summed E-state index contributed by atoms with van der Waals surface area (Å²) < 4.78 is 5.20. The quantitative estimate of drug-likeness (QED) is 0.843. The van der Waals surface area contributed by atoms with Crippen LogP contribution in [0.1, 0.15) is 48.2 Å². The molecule has 94 valence electrons. The molecule has 1 amide bonds. The molecule has 0 radical (unpaired) electrons. The largest absolute Gasteiger partial charge is 0.459 e. The predicted octanol–water partition coefficient (Wildman–Crippen LogP) is 3.26. The Balaban J connectivity index is 2.08. The third-order valence-corrected chi connectivity index (χ3v) is 4.03. The van der Waals surface area contributed by atoms with Gasteiger partial charge in [0.15, 0.2) is 5.76 Å². The molecule has 1 saturated carbocycles. The Morgan fingerprint density at radius 2 is 2.18 bits per heavy atom. The van der Waals surface area contributed by atoms with Gasteiger partial charge in [-0.05, 0) is 25.8 Å². The first-order valence-corrected chi connectivity index (χ1v) is 6.63. The summed E-state index contributed by atoms with van der Waals surface area (Å²) >= 11 is 6.04. The normalized spacial score (nSPS) is 18.9. The zero-order valence-corrected chi connectivity index (χ0v) is 10.8. The molecule has 0 unspecified atom stereocenters. The molecule has 3 nitrogen and oxygen atoms in total. The van der Waals surface area contributed by atoms with E-state index in [4.69, 9.17) is 16.0 Å². The zero-order chi connectivity index (χ0) is 12.3. The van der Waals surface area contributed by atoms with Crippen LogP contribution in [0.15, 0.2) is 16.7 Å². The summed E-state index contributed by atoms with van der Waals surface area (Å²) in [5.74, 6) is 0.730. The minimum atomic E-state index is -0.240. The molecule has 1 aliphatic rings. The highest BCUT2D eigenvalue weighted by atomic mass is 35.5. The third-order valence-electron chi connectivity index (χ3n) is 3.51. The van der Waals surface area contributed by atoms with Crippen LogP contribution in [0.5, 0.6) is 0 Å². The van der Waals surface area contributed by atoms with E-state index in [1.54, 1.807) is 12.3 Å². The van der Waals surface area contributed by atoms with E-state index < -0.39 is 0 Å². The van der Waals surface area contributed by atoms with Gasteiger partial charge in [0, 0.05) is 11.4 Å². The molecule has 1 aromatic rings. The van der Waals surface area contributed by atoms with E-state index in [9.17, 15) is 4.79 Å². The minimum absolute atomic E-state index is 0.143. The fourth-order valence-electron chi connectivity index (χ4n) is 2.42. The Bertz CT molecular complexity index is 394. The molecule has 0 aliphatic heterocycles. The maximum atomic E-state index is 12.1. The van der Waals surface area contributed by atoms with E-state index in [-0.39, 0.29) is 11.4 Å². The molecule has 0 aromatic carbocycles. The molecule has 0 saturated heterocycles. The van der Waals surface area contributed by atoms with Crippen LogP contribution in [0.25, 0.3) is 0 Å². The number of carbonyl (C=O) groups excluding carboxylic acids is 1. The highest BCUT2D eigenvalue weighted by Crippen LogP contribution is 2.29. The highest BCUT2D eigenvalue weighted by molar-refractivity contribution is 6.19. The van der Waals surface area contributed by atoms with Crippen LogP contribution in [0.2, 0.25) is 0 Å². The predicted molar refractivity (Wildman–Crippen MR) is 67.4 cm³/mol. The summed E-state index contributed by atoms with van der Waals surface area (Å²) in [6.45, 7) is 1.87. The SMILES string of the molecule is Cc1ccoc1C(=O)NC1(CCl)CCCCC1. The van der Waals surface area contributed by atoms with Crippen molar-refractivity contribution >= 4 is 17.5 Å². The Morgan fingerprint density at radius 3 is 2.71 bits per heavy atom. The molecule has 1 aromatic heterocycles. The number of aryl methyl sites for hydroxylation is 1. The second kappa shape index (κ2) is 5.13. The average molecular weight is 256 g/mol. The van der Waals surface area contributed by atoms with E-state index in [2.05, 4.69) is 5.32 Å². The maximum absolute atomic E-state index is 12.1. The summed E-state index contributed by atoms with van der Waals surface area (Å²) in [5, 5.41) is 3.06. The first kappa shape index (κ1) is 12.5. The van der Waals surface area contributed by atoms with Crippen molar-refractivity contribution in [3.8, 4) is 0 Å². The van der Waals surface area contributed by atoms with Gasteiger partial charge in [0.1, 0.15) is 0 Å². The Labute approximate surface area is 107 Å². The summed E-state index contributed by atoms with van der Waals surface area (Å²) in [6, 6.07) is 1.79. The number of carbonyl (C=O) groups is 1. The molecule has 1 aliphatic carbocycles. The molecule has 0 bridgehead atoms. The topological polar surface area (TPSA) is 42.2 Å². The Hall–Kier alpha value is -0.960. The van der Waals surface area contributed by atoms with Gasteiger partial charge in [-0.1, -0.05) is 19.3 Å². The molecular formula is C13H18ClNO2. The van der Waals surface area contributed by atoms with Gasteiger partial charge in [0.25, 0.3) is 5.91 Å². The summed E-state index contributed by atoms with van der Waals surface area (Å²) in [5.41, 5.74) is 0.624. The Morgan fingerprint density at radius 1 is 1.47 bits per heavy atom. The second-order valence-electron chi connectivity index (χ2n) is 4.86. The third kappa shape index (κ3) is 2.65. The number of alkyl halides is 1. The van der Waals surface area contributed by atoms with Gasteiger partial charge in [0.2, 0.25) is 0 Å². The van der Waals surface area contributed by atoms with Crippen LogP contribution in [-0.2, 0) is 0 Å². The molecule has 0 spiro atoms. The number of nitrogens with one attached hydrogen (secondary N) is 1. The van der Waals surface area contributed by atoms with Crippen molar-refractivity contribution in [1.82, 2.24) is 5.32 Å². The van der Waals surface area contributed by atoms with E-state index in [0.717, 1.165) is 31.2 Å². The lowest BCUT2D eigenvalue weighted by molar-refractivity contribution is 0.0855. The van der Waals surface area contributed by atoms with Gasteiger partial charge in [-0.2, -0.15) is 0 Å². The second-order valence-corrected chi connectivity index (χ2v) is 5.13. The molecule has 2 rings (SSSR count). The van der Waals surface area contributed by atoms with Gasteiger partial charge in [0.05, 0.1) is 11.8 Å². The fraction of sp³-hybridized carbons (Fsp3) is 0.615. The molecule has 1 N–H and O–H groups in total. The van der Waals surface area contributed by atoms with Crippen LogP contribution in [0.3, 0.4) is 0 Å². The van der Waals surface area contributed by atoms with Crippen molar-refractivity contribution in [2.45, 2.75) is 44.6 Å². The summed E-state index contributed by atoms with van der Waals surface area (Å²) in [4.78, 5) is 12.1. The number of amides is 1. The van der Waals surface area contributed by atoms with E-state index in [1.165, 1.54) is 6.42 Å². The highest BCUT2D eigenvalue weighted by Gasteiger charge is 2.33. The van der Waals surface area contributed by atoms with Gasteiger partial charge in [-0.25, -0.2) is 0 Å². The van der Waals surface area contributed by atoms with Crippen LogP contribution in [-0.4, -0.2) is 17.3 Å². The standard InChI is InChI=1S/C13H18ClNO2/c1-10-5-8-17-11(10)12(16)15-13(9-14)6-3-2-4-7-13/h5,8H,2-4,6-7,9H2,1H3,(H,15,16). The fourth-order valence-corrected chi connectivity index (χ4v) is 2.76. The van der Waals surface area contributed by atoms with Crippen LogP contribution >= 0.6 is 11.6 Å². The maximum Gasteiger partial charge on any atom is 0.287 e. The molecule has 17 heavy (non-hydrogen) atoms. The van der Waals surface area contributed by atoms with Gasteiger partial charge in [-0.15, -0.1) is 11.6 Å². The number of hydrogen-bond donors (Lipinski definition) is 1. The van der Waals surface area contributed by atoms with Gasteiger partial charge >= 0.3 is 0 Å². The van der Waals surface area contributed by atoms with Crippen molar-refractivity contribution in [2.75, 3.05) is 5.88 Å². The van der Waals surface area contributed by atoms with E-state index >= 15 is 0 Å². The van der Waals surface area contributed by atoms with Crippen molar-refractivity contribution < 1.29 is 9.21 Å². The molecular weight excluding hydrogens is 238 g/mol. The van der Waals surface area contributed by atoms with E-state index in [0.29, 0.717) is 11.6 Å². The number of hydrogen-bond acceptors (Lipinski definition) is 2. The molecule has 4 heteroatoms. The molecule has 1 fully saturated rings. The summed E-state index contributed by atoms with van der Waals surface area (Å²) in [6.07, 6.45) is 6.95. The van der Waals surface area contributed by atoms with E-state index in [1.807, 2.05) is 6.92 Å². The molecule has 0 atom stereocenters. The average Bonchev–Trinajstić information content (AvgIpc) is 2.77. The number of rotatable bonds is 3. The summed E-state index contributed by atoms with van der Waals surface area (Å²) in [7, 11) is 0. The number of halogens is 1. The monoisotopic (exact) mass is 255 g/mol. The molecule has 1 heterocycles. The lowest BCUT2D eigenvalue weighted by atomic mass is 9.83. The minimum Gasteiger partial charge on any atom is -0.459 e. The van der Waals surface area contributed by atoms with Crippen molar-refractivity contribution in [3.05, 3.63) is 23.7 Å². The van der Waals surface area contributed by atoms with Gasteiger partial charge < -0.3 is 9.73 Å². The lowest BCUT2D eigenvalue weighted by Gasteiger charge is -2.36. The lowest BCUT2D eigenvalue weighted by Crippen LogP contribution is -2.51. The van der Waals surface area contributed by atoms with Gasteiger partial charge in [-0.3, -0.25) is 4.79 Å². The Kier molecular flexibility index (Phi) is 3.77. The number of furan rings is 1. The van der Waals surface area contributed by atoms with Crippen LogP contribution in [0, 0.1) is 6.92 Å². The van der Waals surface area contributed by atoms with Crippen LogP contribution in [0.4, 0.5) is 0 Å². The first-order valence-electron chi connectivity index (χ1n) is 6.09. The van der Waals surface area contributed by atoms with Crippen molar-refractivity contribution in [1.29, 1.82) is 0 Å². The van der Waals surface area contributed by atoms with Crippen LogP contribution < -0.4 is 5.32 Å².